The van der Waals surface area contributed by atoms with E-state index in [4.69, 9.17) is 10.5 Å². The first-order valence-corrected chi connectivity index (χ1v) is 7.35. The van der Waals surface area contributed by atoms with Crippen LogP contribution in [0.3, 0.4) is 0 Å². The Labute approximate surface area is 121 Å². The molecule has 2 N–H and O–H groups in total. The lowest BCUT2D eigenvalue weighted by Crippen LogP contribution is -2.09. The highest BCUT2D eigenvalue weighted by atomic mass is 79.9. The Morgan fingerprint density at radius 3 is 3.11 bits per heavy atom. The van der Waals surface area contributed by atoms with Crippen LogP contribution in [0.1, 0.15) is 16.8 Å². The summed E-state index contributed by atoms with van der Waals surface area (Å²) in [7, 11) is 0. The molecular weight excluding hydrogens is 304 g/mol. The Morgan fingerprint density at radius 1 is 1.37 bits per heavy atom. The molecule has 4 heteroatoms. The second-order valence-electron chi connectivity index (χ2n) is 4.82. The zero-order valence-corrected chi connectivity index (χ0v) is 12.3. The van der Waals surface area contributed by atoms with Gasteiger partial charge in [0.15, 0.2) is 0 Å². The molecule has 1 aliphatic rings. The molecular formula is C15H17BrN2O. The average molecular weight is 321 g/mol. The summed E-state index contributed by atoms with van der Waals surface area (Å²) in [5, 5.41) is 0. The van der Waals surface area contributed by atoms with Crippen molar-refractivity contribution >= 4 is 15.9 Å². The van der Waals surface area contributed by atoms with Gasteiger partial charge in [-0.15, -0.1) is 0 Å². The Kier molecular flexibility index (Phi) is 3.62. The van der Waals surface area contributed by atoms with Gasteiger partial charge in [0, 0.05) is 28.3 Å². The largest absolute Gasteiger partial charge is 0.493 e. The third-order valence-electron chi connectivity index (χ3n) is 3.49. The molecule has 0 unspecified atom stereocenters. The third-order valence-corrected chi connectivity index (χ3v) is 3.95. The minimum absolute atomic E-state index is 0.678. The van der Waals surface area contributed by atoms with Crippen molar-refractivity contribution in [1.82, 2.24) is 4.57 Å². The molecule has 0 amide bonds. The molecule has 0 spiro atoms. The smallest absolute Gasteiger partial charge is 0.127 e. The van der Waals surface area contributed by atoms with Crippen LogP contribution in [0, 0.1) is 0 Å². The maximum atomic E-state index is 5.77. The second kappa shape index (κ2) is 5.39. The van der Waals surface area contributed by atoms with Crippen LogP contribution in [0.5, 0.6) is 5.75 Å². The van der Waals surface area contributed by atoms with Crippen LogP contribution in [-0.2, 0) is 19.4 Å². The van der Waals surface area contributed by atoms with E-state index < -0.39 is 0 Å². The summed E-state index contributed by atoms with van der Waals surface area (Å²) >= 11 is 3.58. The summed E-state index contributed by atoms with van der Waals surface area (Å²) < 4.78 is 9.15. The van der Waals surface area contributed by atoms with Crippen LogP contribution in [0.25, 0.3) is 0 Å². The van der Waals surface area contributed by atoms with E-state index in [1.807, 2.05) is 0 Å². The fourth-order valence-electron chi connectivity index (χ4n) is 2.63. The lowest BCUT2D eigenvalue weighted by Gasteiger charge is -2.12. The van der Waals surface area contributed by atoms with Gasteiger partial charge in [0.2, 0.25) is 0 Å². The van der Waals surface area contributed by atoms with Gasteiger partial charge in [-0.3, -0.25) is 0 Å². The van der Waals surface area contributed by atoms with Gasteiger partial charge < -0.3 is 15.0 Å². The zero-order valence-electron chi connectivity index (χ0n) is 10.7. The first-order valence-electron chi connectivity index (χ1n) is 6.56. The molecule has 100 valence electrons. The van der Waals surface area contributed by atoms with Crippen LogP contribution >= 0.6 is 15.9 Å². The number of nitrogens with two attached hydrogens (primary N) is 1. The van der Waals surface area contributed by atoms with Gasteiger partial charge in [-0.05, 0) is 42.8 Å². The standard InChI is InChI=1S/C15H17BrN2O/c16-13-8-11-4-7-19-15(11)12(9-13)10-18-6-1-2-14(18)3-5-17/h1-2,6,8-9H,3-5,7,10,17H2. The van der Waals surface area contributed by atoms with Crippen molar-refractivity contribution in [3.8, 4) is 5.75 Å². The van der Waals surface area contributed by atoms with Gasteiger partial charge in [0.05, 0.1) is 13.2 Å². The summed E-state index contributed by atoms with van der Waals surface area (Å²) in [6.45, 7) is 2.31. The summed E-state index contributed by atoms with van der Waals surface area (Å²) in [6.07, 6.45) is 4.01. The number of halogens is 1. The zero-order chi connectivity index (χ0) is 13.2. The normalized spacial score (nSPS) is 13.4. The number of hydrogen-bond acceptors (Lipinski definition) is 2. The highest BCUT2D eigenvalue weighted by Crippen LogP contribution is 2.33. The molecule has 0 aliphatic carbocycles. The lowest BCUT2D eigenvalue weighted by atomic mass is 10.1. The Balaban J connectivity index is 1.93. The van der Waals surface area contributed by atoms with Crippen LogP contribution < -0.4 is 10.5 Å². The highest BCUT2D eigenvalue weighted by Gasteiger charge is 2.17. The van der Waals surface area contributed by atoms with E-state index in [0.717, 1.165) is 36.2 Å². The molecule has 2 heterocycles. The third kappa shape index (κ3) is 2.55. The van der Waals surface area contributed by atoms with E-state index in [1.165, 1.54) is 16.8 Å². The predicted octanol–water partition coefficient (Wildman–Crippen LogP) is 2.74. The number of hydrogen-bond donors (Lipinski definition) is 1. The SMILES string of the molecule is NCCc1cccn1Cc1cc(Br)cc2c1OCC2. The maximum absolute atomic E-state index is 5.77. The number of aromatic nitrogens is 1. The van der Waals surface area contributed by atoms with Crippen molar-refractivity contribution in [2.75, 3.05) is 13.2 Å². The molecule has 0 fully saturated rings. The molecule has 0 saturated heterocycles. The first kappa shape index (κ1) is 12.8. The van der Waals surface area contributed by atoms with Crippen molar-refractivity contribution in [3.05, 3.63) is 51.8 Å². The van der Waals surface area contributed by atoms with Crippen molar-refractivity contribution in [2.24, 2.45) is 5.73 Å². The summed E-state index contributed by atoms with van der Waals surface area (Å²) in [5.41, 5.74) is 9.46. The Morgan fingerprint density at radius 2 is 2.26 bits per heavy atom. The van der Waals surface area contributed by atoms with E-state index in [9.17, 15) is 0 Å². The van der Waals surface area contributed by atoms with E-state index >= 15 is 0 Å². The first-order chi connectivity index (χ1) is 9.28. The molecule has 1 aromatic heterocycles. The second-order valence-corrected chi connectivity index (χ2v) is 5.73. The van der Waals surface area contributed by atoms with Crippen LogP contribution in [-0.4, -0.2) is 17.7 Å². The van der Waals surface area contributed by atoms with Gasteiger partial charge in [-0.2, -0.15) is 0 Å². The number of fused-ring (bicyclic) bond motifs is 1. The Bertz CT molecular complexity index is 592. The van der Waals surface area contributed by atoms with Gasteiger partial charge in [-0.1, -0.05) is 15.9 Å². The van der Waals surface area contributed by atoms with E-state index in [-0.39, 0.29) is 0 Å². The summed E-state index contributed by atoms with van der Waals surface area (Å²) in [4.78, 5) is 0. The molecule has 0 saturated carbocycles. The van der Waals surface area contributed by atoms with E-state index in [1.54, 1.807) is 0 Å². The number of ether oxygens (including phenoxy) is 1. The summed E-state index contributed by atoms with van der Waals surface area (Å²) in [5.74, 6) is 1.07. The van der Waals surface area contributed by atoms with Gasteiger partial charge in [-0.25, -0.2) is 0 Å². The van der Waals surface area contributed by atoms with Crippen LogP contribution in [0.2, 0.25) is 0 Å². The quantitative estimate of drug-likeness (QED) is 0.941. The topological polar surface area (TPSA) is 40.2 Å². The predicted molar refractivity (Wildman–Crippen MR) is 79.6 cm³/mol. The van der Waals surface area contributed by atoms with Crippen molar-refractivity contribution in [2.45, 2.75) is 19.4 Å². The average Bonchev–Trinajstić information content (AvgIpc) is 2.99. The van der Waals surface area contributed by atoms with Crippen LogP contribution in [0.4, 0.5) is 0 Å². The molecule has 0 bridgehead atoms. The number of benzene rings is 1. The number of rotatable bonds is 4. The summed E-state index contributed by atoms with van der Waals surface area (Å²) in [6, 6.07) is 8.51. The van der Waals surface area contributed by atoms with E-state index in [0.29, 0.717) is 6.54 Å². The minimum Gasteiger partial charge on any atom is -0.493 e. The van der Waals surface area contributed by atoms with Crippen molar-refractivity contribution < 1.29 is 4.74 Å². The molecule has 0 atom stereocenters. The fraction of sp³-hybridized carbons (Fsp3) is 0.333. The van der Waals surface area contributed by atoms with Gasteiger partial charge >= 0.3 is 0 Å². The molecule has 1 aliphatic heterocycles. The fourth-order valence-corrected chi connectivity index (χ4v) is 3.18. The lowest BCUT2D eigenvalue weighted by molar-refractivity contribution is 0.352. The molecule has 19 heavy (non-hydrogen) atoms. The Hall–Kier alpha value is -1.26. The monoisotopic (exact) mass is 320 g/mol. The van der Waals surface area contributed by atoms with Crippen molar-refractivity contribution in [3.63, 3.8) is 0 Å². The van der Waals surface area contributed by atoms with Gasteiger partial charge in [0.1, 0.15) is 5.75 Å². The molecule has 0 radical (unpaired) electrons. The molecule has 1 aromatic carbocycles. The molecule has 3 nitrogen and oxygen atoms in total. The molecule has 3 rings (SSSR count). The maximum Gasteiger partial charge on any atom is 0.127 e. The number of nitrogens with zero attached hydrogens (tertiary/aromatic N) is 1. The van der Waals surface area contributed by atoms with Crippen LogP contribution in [0.15, 0.2) is 34.9 Å². The minimum atomic E-state index is 0.678. The highest BCUT2D eigenvalue weighted by molar-refractivity contribution is 9.10. The van der Waals surface area contributed by atoms with Crippen molar-refractivity contribution in [1.29, 1.82) is 0 Å². The van der Waals surface area contributed by atoms with E-state index in [2.05, 4.69) is 51.0 Å². The molecule has 2 aromatic rings. The van der Waals surface area contributed by atoms with Gasteiger partial charge in [0.25, 0.3) is 0 Å².